The highest BCUT2D eigenvalue weighted by atomic mass is 19.1. The van der Waals surface area contributed by atoms with Crippen LogP contribution in [0.1, 0.15) is 34.2 Å². The van der Waals surface area contributed by atoms with E-state index in [0.717, 1.165) is 43.2 Å². The molecule has 0 saturated heterocycles. The molecular formula is C23H21F2N3O2. The van der Waals surface area contributed by atoms with Gasteiger partial charge in [0.05, 0.1) is 12.1 Å². The summed E-state index contributed by atoms with van der Waals surface area (Å²) in [6.07, 6.45) is 4.62. The lowest BCUT2D eigenvalue weighted by atomic mass is 10.0. The Labute approximate surface area is 173 Å². The van der Waals surface area contributed by atoms with Gasteiger partial charge in [0, 0.05) is 11.8 Å². The lowest BCUT2D eigenvalue weighted by Gasteiger charge is -2.15. The van der Waals surface area contributed by atoms with Gasteiger partial charge in [-0.05, 0) is 79.3 Å². The molecule has 1 aliphatic carbocycles. The summed E-state index contributed by atoms with van der Waals surface area (Å²) in [5, 5.41) is 9.63. The fraction of sp³-hybridized carbons (Fsp3) is 0.217. The van der Waals surface area contributed by atoms with Gasteiger partial charge in [0.1, 0.15) is 17.4 Å². The zero-order valence-corrected chi connectivity index (χ0v) is 16.5. The molecule has 0 atom stereocenters. The number of rotatable bonds is 5. The Balaban J connectivity index is 1.65. The number of amidine groups is 1. The Morgan fingerprint density at radius 2 is 2.00 bits per heavy atom. The summed E-state index contributed by atoms with van der Waals surface area (Å²) in [7, 11) is 0. The first-order valence-electron chi connectivity index (χ1n) is 9.70. The summed E-state index contributed by atoms with van der Waals surface area (Å²) >= 11 is 0. The van der Waals surface area contributed by atoms with Gasteiger partial charge in [-0.2, -0.15) is 0 Å². The number of halogens is 2. The van der Waals surface area contributed by atoms with Crippen molar-refractivity contribution in [1.82, 2.24) is 10.5 Å². The first kappa shape index (κ1) is 20.0. The predicted molar refractivity (Wildman–Crippen MR) is 109 cm³/mol. The summed E-state index contributed by atoms with van der Waals surface area (Å²) in [6.45, 7) is 1.92. The second kappa shape index (κ2) is 8.59. The van der Waals surface area contributed by atoms with Gasteiger partial charge in [0.15, 0.2) is 5.84 Å². The molecule has 0 saturated carbocycles. The lowest BCUT2D eigenvalue weighted by molar-refractivity contribution is 0.234. The predicted octanol–water partition coefficient (Wildman–Crippen LogP) is 4.87. The zero-order valence-electron chi connectivity index (χ0n) is 16.5. The van der Waals surface area contributed by atoms with E-state index in [1.165, 1.54) is 16.7 Å². The molecule has 4 rings (SSSR count). The highest BCUT2D eigenvalue weighted by molar-refractivity contribution is 6.00. The topological polar surface area (TPSA) is 66.7 Å². The maximum atomic E-state index is 13.9. The van der Waals surface area contributed by atoms with E-state index in [2.05, 4.69) is 16.9 Å². The number of benzene rings is 2. The van der Waals surface area contributed by atoms with Crippen LogP contribution < -0.4 is 10.2 Å². The lowest BCUT2D eigenvalue weighted by Crippen LogP contribution is -2.21. The van der Waals surface area contributed by atoms with Gasteiger partial charge in [0.2, 0.25) is 5.88 Å². The number of fused-ring (bicyclic) bond motifs is 1. The smallest absolute Gasteiger partial charge is 0.230 e. The minimum absolute atomic E-state index is 0.0468. The molecule has 0 fully saturated rings. The molecule has 0 aliphatic heterocycles. The summed E-state index contributed by atoms with van der Waals surface area (Å²) in [4.78, 5) is 8.49. The molecule has 154 valence electrons. The van der Waals surface area contributed by atoms with Crippen molar-refractivity contribution in [3.8, 4) is 11.6 Å². The van der Waals surface area contributed by atoms with Crippen LogP contribution >= 0.6 is 0 Å². The Kier molecular flexibility index (Phi) is 5.72. The van der Waals surface area contributed by atoms with E-state index in [-0.39, 0.29) is 23.8 Å². The third kappa shape index (κ3) is 4.02. The van der Waals surface area contributed by atoms with Crippen LogP contribution in [0.5, 0.6) is 11.6 Å². The molecule has 0 unspecified atom stereocenters. The number of pyridine rings is 1. The normalized spacial score (nSPS) is 13.3. The third-order valence-electron chi connectivity index (χ3n) is 5.23. The maximum absolute atomic E-state index is 13.9. The molecule has 0 amide bonds. The molecule has 3 aromatic rings. The van der Waals surface area contributed by atoms with Crippen molar-refractivity contribution in [2.24, 2.45) is 4.99 Å². The Hall–Kier alpha value is -3.32. The first-order chi connectivity index (χ1) is 14.6. The standard InChI is InChI=1S/C23H21F2N3O2/c1-14-7-10-21(18-5-2-4-17(14)18)30-23-19(6-3-11-26-23)22(28-29)27-13-15-12-16(24)8-9-20(15)25/h3,6-12,29H,2,4-5,13H2,1H3,(H,27,28). The van der Waals surface area contributed by atoms with Crippen LogP contribution in [0.4, 0.5) is 8.78 Å². The van der Waals surface area contributed by atoms with Gasteiger partial charge in [-0.25, -0.2) is 13.8 Å². The van der Waals surface area contributed by atoms with Gasteiger partial charge >= 0.3 is 0 Å². The van der Waals surface area contributed by atoms with Crippen LogP contribution in [0.25, 0.3) is 0 Å². The van der Waals surface area contributed by atoms with E-state index >= 15 is 0 Å². The highest BCUT2D eigenvalue weighted by Crippen LogP contribution is 2.35. The van der Waals surface area contributed by atoms with Crippen molar-refractivity contribution in [2.75, 3.05) is 0 Å². The van der Waals surface area contributed by atoms with Crippen molar-refractivity contribution in [1.29, 1.82) is 0 Å². The molecular weight excluding hydrogens is 388 g/mol. The number of aliphatic imine (C=N–C) groups is 1. The Bertz CT molecular complexity index is 1120. The zero-order chi connectivity index (χ0) is 21.1. The fourth-order valence-electron chi connectivity index (χ4n) is 3.71. The van der Waals surface area contributed by atoms with E-state index in [0.29, 0.717) is 5.56 Å². The Morgan fingerprint density at radius 1 is 1.17 bits per heavy atom. The number of aryl methyl sites for hydroxylation is 1. The van der Waals surface area contributed by atoms with E-state index in [1.54, 1.807) is 18.3 Å². The van der Waals surface area contributed by atoms with E-state index in [4.69, 9.17) is 4.74 Å². The molecule has 1 heterocycles. The van der Waals surface area contributed by atoms with Crippen LogP contribution in [-0.2, 0) is 19.4 Å². The summed E-state index contributed by atoms with van der Waals surface area (Å²) < 4.78 is 33.4. The van der Waals surface area contributed by atoms with Gasteiger partial charge in [-0.3, -0.25) is 15.7 Å². The average molecular weight is 409 g/mol. The summed E-state index contributed by atoms with van der Waals surface area (Å²) in [6, 6.07) is 10.5. The van der Waals surface area contributed by atoms with Gasteiger partial charge in [-0.15, -0.1) is 0 Å². The van der Waals surface area contributed by atoms with Crippen LogP contribution in [0.2, 0.25) is 0 Å². The van der Waals surface area contributed by atoms with Crippen molar-refractivity contribution >= 4 is 5.84 Å². The van der Waals surface area contributed by atoms with Crippen molar-refractivity contribution in [2.45, 2.75) is 32.7 Å². The van der Waals surface area contributed by atoms with Crippen LogP contribution in [0.15, 0.2) is 53.7 Å². The van der Waals surface area contributed by atoms with Gasteiger partial charge < -0.3 is 4.74 Å². The number of aromatic nitrogens is 1. The summed E-state index contributed by atoms with van der Waals surface area (Å²) in [5.41, 5.74) is 6.22. The highest BCUT2D eigenvalue weighted by Gasteiger charge is 2.20. The van der Waals surface area contributed by atoms with E-state index in [1.807, 2.05) is 17.6 Å². The van der Waals surface area contributed by atoms with Crippen LogP contribution in [0, 0.1) is 18.6 Å². The molecule has 5 nitrogen and oxygen atoms in total. The van der Waals surface area contributed by atoms with Crippen molar-refractivity contribution in [3.05, 3.63) is 88.1 Å². The maximum Gasteiger partial charge on any atom is 0.230 e. The second-order valence-electron chi connectivity index (χ2n) is 7.16. The first-order valence-corrected chi connectivity index (χ1v) is 9.70. The van der Waals surface area contributed by atoms with Crippen LogP contribution in [-0.4, -0.2) is 16.0 Å². The molecule has 2 N–H and O–H groups in total. The Morgan fingerprint density at radius 3 is 2.83 bits per heavy atom. The van der Waals surface area contributed by atoms with Crippen molar-refractivity contribution in [3.63, 3.8) is 0 Å². The van der Waals surface area contributed by atoms with Crippen molar-refractivity contribution < 1.29 is 18.7 Å². The van der Waals surface area contributed by atoms with Crippen LogP contribution in [0.3, 0.4) is 0 Å². The minimum Gasteiger partial charge on any atom is -0.438 e. The number of nitrogens with one attached hydrogen (secondary N) is 1. The minimum atomic E-state index is -0.574. The second-order valence-corrected chi connectivity index (χ2v) is 7.16. The molecule has 0 radical (unpaired) electrons. The molecule has 1 aliphatic rings. The number of hydrogen-bond donors (Lipinski definition) is 2. The quantitative estimate of drug-likeness (QED) is 0.358. The molecule has 7 heteroatoms. The SMILES string of the molecule is Cc1ccc(Oc2ncccc2C(=NCc2cc(F)ccc2F)NO)c2c1CCC2. The molecule has 0 bridgehead atoms. The fourth-order valence-corrected chi connectivity index (χ4v) is 3.71. The van der Waals surface area contributed by atoms with E-state index in [9.17, 15) is 14.0 Å². The number of hydroxylamine groups is 1. The van der Waals surface area contributed by atoms with Gasteiger partial charge in [-0.1, -0.05) is 6.07 Å². The monoisotopic (exact) mass is 409 g/mol. The average Bonchev–Trinajstić information content (AvgIpc) is 3.25. The number of nitrogens with zero attached hydrogens (tertiary/aromatic N) is 2. The number of ether oxygens (including phenoxy) is 1. The molecule has 0 spiro atoms. The van der Waals surface area contributed by atoms with E-state index < -0.39 is 11.6 Å². The summed E-state index contributed by atoms with van der Waals surface area (Å²) in [5.74, 6) is -0.100. The molecule has 1 aromatic heterocycles. The number of hydrogen-bond acceptors (Lipinski definition) is 4. The molecule has 30 heavy (non-hydrogen) atoms. The third-order valence-corrected chi connectivity index (χ3v) is 5.23. The van der Waals surface area contributed by atoms with Gasteiger partial charge in [0.25, 0.3) is 0 Å². The largest absolute Gasteiger partial charge is 0.438 e. The molecule has 2 aromatic carbocycles.